The lowest BCUT2D eigenvalue weighted by Crippen LogP contribution is -2.48. The van der Waals surface area contributed by atoms with Crippen LogP contribution in [0.15, 0.2) is 62.5 Å². The minimum absolute atomic E-state index is 0.0492. The minimum Gasteiger partial charge on any atom is -0.336 e. The number of hydrogen-bond acceptors (Lipinski definition) is 8. The average Bonchev–Trinajstić information content (AvgIpc) is 3.50. The van der Waals surface area contributed by atoms with Gasteiger partial charge in [-0.05, 0) is 12.1 Å². The Morgan fingerprint density at radius 1 is 1.12 bits per heavy atom. The number of thiazole rings is 2. The lowest BCUT2D eigenvalue weighted by atomic mass is 10.1. The summed E-state index contributed by atoms with van der Waals surface area (Å²) in [5, 5.41) is 3.90. The molecule has 3 aromatic heterocycles. The number of aromatic nitrogens is 3. The number of carbonyl (C=O) groups excluding carboxylic acids is 1. The Morgan fingerprint density at radius 2 is 1.97 bits per heavy atom. The Hall–Kier alpha value is -2.53. The standard InChI is InChI=1S/C22H21N5O2S3/c28-20-11-16(24-22-27(20)9-10-31-22)12-25-5-7-26(8-6-25)21(29)18-3-1-2-4-19(18)32-14-17-13-30-15-23-17/h1-4,9-11,13,15H,5-8,12,14H2. The molecule has 1 aliphatic heterocycles. The predicted octanol–water partition coefficient (Wildman–Crippen LogP) is 3.46. The summed E-state index contributed by atoms with van der Waals surface area (Å²) in [7, 11) is 0. The normalized spacial score (nSPS) is 14.8. The molecule has 0 unspecified atom stereocenters. The van der Waals surface area contributed by atoms with Crippen LogP contribution in [0.1, 0.15) is 21.7 Å². The van der Waals surface area contributed by atoms with Gasteiger partial charge in [0.1, 0.15) is 0 Å². The van der Waals surface area contributed by atoms with Crippen LogP contribution in [0.4, 0.5) is 0 Å². The molecule has 0 saturated carbocycles. The maximum atomic E-state index is 13.2. The molecular weight excluding hydrogens is 462 g/mol. The minimum atomic E-state index is -0.0492. The van der Waals surface area contributed by atoms with Crippen molar-refractivity contribution in [3.8, 4) is 0 Å². The first-order valence-electron chi connectivity index (χ1n) is 10.2. The molecule has 0 radical (unpaired) electrons. The highest BCUT2D eigenvalue weighted by Crippen LogP contribution is 2.27. The van der Waals surface area contributed by atoms with Gasteiger partial charge >= 0.3 is 0 Å². The molecule has 1 aliphatic rings. The molecule has 7 nitrogen and oxygen atoms in total. The number of rotatable bonds is 6. The predicted molar refractivity (Wildman–Crippen MR) is 129 cm³/mol. The fourth-order valence-corrected chi connectivity index (χ4v) is 6.06. The number of fused-ring (bicyclic) bond motifs is 1. The van der Waals surface area contributed by atoms with Crippen molar-refractivity contribution in [3.05, 3.63) is 80.1 Å². The van der Waals surface area contributed by atoms with E-state index in [4.69, 9.17) is 0 Å². The third kappa shape index (κ3) is 4.63. The van der Waals surface area contributed by atoms with E-state index in [1.165, 1.54) is 11.3 Å². The van der Waals surface area contributed by atoms with Crippen molar-refractivity contribution >= 4 is 45.3 Å². The molecule has 164 valence electrons. The highest BCUT2D eigenvalue weighted by atomic mass is 32.2. The number of hydrogen-bond donors (Lipinski definition) is 0. The van der Waals surface area contributed by atoms with Gasteiger partial charge in [-0.1, -0.05) is 12.1 Å². The van der Waals surface area contributed by atoms with Crippen molar-refractivity contribution in [2.75, 3.05) is 26.2 Å². The number of thioether (sulfide) groups is 1. The monoisotopic (exact) mass is 483 g/mol. The molecule has 0 spiro atoms. The molecule has 0 bridgehead atoms. The van der Waals surface area contributed by atoms with Gasteiger partial charge in [-0.15, -0.1) is 34.4 Å². The Balaban J connectivity index is 1.21. The summed E-state index contributed by atoms with van der Waals surface area (Å²) in [6, 6.07) is 9.41. The van der Waals surface area contributed by atoms with Gasteiger partial charge < -0.3 is 4.90 Å². The molecule has 1 saturated heterocycles. The van der Waals surface area contributed by atoms with E-state index in [1.54, 1.807) is 39.8 Å². The zero-order valence-electron chi connectivity index (χ0n) is 17.2. The highest BCUT2D eigenvalue weighted by Gasteiger charge is 2.24. The molecule has 32 heavy (non-hydrogen) atoms. The van der Waals surface area contributed by atoms with Gasteiger partial charge in [-0.2, -0.15) is 0 Å². The van der Waals surface area contributed by atoms with Crippen LogP contribution in [0.2, 0.25) is 0 Å². The van der Waals surface area contributed by atoms with Crippen LogP contribution in [0.5, 0.6) is 0 Å². The van der Waals surface area contributed by atoms with Crippen molar-refractivity contribution < 1.29 is 4.79 Å². The van der Waals surface area contributed by atoms with Crippen molar-refractivity contribution in [2.45, 2.75) is 17.2 Å². The second-order valence-electron chi connectivity index (χ2n) is 7.47. The molecule has 10 heteroatoms. The number of carbonyl (C=O) groups is 1. The lowest BCUT2D eigenvalue weighted by Gasteiger charge is -2.34. The largest absolute Gasteiger partial charge is 0.336 e. The quantitative estimate of drug-likeness (QED) is 0.391. The number of piperazine rings is 1. The van der Waals surface area contributed by atoms with Crippen molar-refractivity contribution in [1.29, 1.82) is 0 Å². The van der Waals surface area contributed by atoms with Crippen LogP contribution >= 0.6 is 34.4 Å². The Labute approximate surface area is 197 Å². The molecular formula is C22H21N5O2S3. The zero-order chi connectivity index (χ0) is 21.9. The summed E-state index contributed by atoms with van der Waals surface area (Å²) < 4.78 is 1.56. The molecule has 0 atom stereocenters. The van der Waals surface area contributed by atoms with Crippen molar-refractivity contribution in [2.24, 2.45) is 0 Å². The maximum Gasteiger partial charge on any atom is 0.258 e. The second kappa shape index (κ2) is 9.53. The topological polar surface area (TPSA) is 70.8 Å². The Morgan fingerprint density at radius 3 is 2.78 bits per heavy atom. The summed E-state index contributed by atoms with van der Waals surface area (Å²) in [5.74, 6) is 0.825. The summed E-state index contributed by atoms with van der Waals surface area (Å²) >= 11 is 4.69. The van der Waals surface area contributed by atoms with Gasteiger partial charge in [0.15, 0.2) is 4.96 Å². The third-order valence-corrected chi connectivity index (χ3v) is 7.88. The summed E-state index contributed by atoms with van der Waals surface area (Å²) in [6.07, 6.45) is 1.75. The third-order valence-electron chi connectivity index (χ3n) is 5.38. The SMILES string of the molecule is O=C(c1ccccc1SCc1cscn1)N1CCN(Cc2cc(=O)n3ccsc3n2)CC1. The highest BCUT2D eigenvalue weighted by molar-refractivity contribution is 7.98. The summed E-state index contributed by atoms with van der Waals surface area (Å²) in [4.78, 5) is 40.2. The Bertz CT molecular complexity index is 1280. The number of amides is 1. The van der Waals surface area contributed by atoms with E-state index in [0.717, 1.165) is 40.7 Å². The smallest absolute Gasteiger partial charge is 0.258 e. The molecule has 1 amide bonds. The molecule has 1 fully saturated rings. The van der Waals surface area contributed by atoms with Crippen molar-refractivity contribution in [1.82, 2.24) is 24.2 Å². The fraction of sp³-hybridized carbons (Fsp3) is 0.273. The zero-order valence-corrected chi connectivity index (χ0v) is 19.7. The molecule has 5 rings (SSSR count). The van der Waals surface area contributed by atoms with E-state index in [1.807, 2.05) is 45.4 Å². The molecule has 4 heterocycles. The van der Waals surface area contributed by atoms with E-state index in [2.05, 4.69) is 14.9 Å². The van der Waals surface area contributed by atoms with Gasteiger partial charge in [0.05, 0.1) is 22.5 Å². The summed E-state index contributed by atoms with van der Waals surface area (Å²) in [6.45, 7) is 3.44. The van der Waals surface area contributed by atoms with Crippen LogP contribution in [-0.4, -0.2) is 56.3 Å². The van der Waals surface area contributed by atoms with Gasteiger partial charge in [0.25, 0.3) is 11.5 Å². The van der Waals surface area contributed by atoms with Gasteiger partial charge in [-0.3, -0.25) is 18.9 Å². The van der Waals surface area contributed by atoms with E-state index in [-0.39, 0.29) is 11.5 Å². The van der Waals surface area contributed by atoms with E-state index in [0.29, 0.717) is 24.6 Å². The first kappa shape index (κ1) is 21.3. The van der Waals surface area contributed by atoms with Gasteiger partial charge in [0, 0.05) is 66.4 Å². The molecule has 0 N–H and O–H groups in total. The van der Waals surface area contributed by atoms with Crippen molar-refractivity contribution in [3.63, 3.8) is 0 Å². The first-order valence-corrected chi connectivity index (χ1v) is 13.0. The Kier molecular flexibility index (Phi) is 6.35. The van der Waals surface area contributed by atoms with E-state index < -0.39 is 0 Å². The van der Waals surface area contributed by atoms with E-state index >= 15 is 0 Å². The van der Waals surface area contributed by atoms with Crippen LogP contribution in [0, 0.1) is 0 Å². The first-order chi connectivity index (χ1) is 15.7. The average molecular weight is 484 g/mol. The van der Waals surface area contributed by atoms with Gasteiger partial charge in [0.2, 0.25) is 0 Å². The molecule has 4 aromatic rings. The van der Waals surface area contributed by atoms with Crippen LogP contribution in [0.25, 0.3) is 4.96 Å². The second-order valence-corrected chi connectivity index (χ2v) is 10.1. The number of benzene rings is 1. The molecule has 1 aromatic carbocycles. The summed E-state index contributed by atoms with van der Waals surface area (Å²) in [5.41, 5.74) is 4.34. The van der Waals surface area contributed by atoms with Crippen LogP contribution < -0.4 is 5.56 Å². The maximum absolute atomic E-state index is 13.2. The van der Waals surface area contributed by atoms with Crippen LogP contribution in [0.3, 0.4) is 0 Å². The van der Waals surface area contributed by atoms with E-state index in [9.17, 15) is 9.59 Å². The fourth-order valence-electron chi connectivity index (χ4n) is 3.71. The van der Waals surface area contributed by atoms with Crippen LogP contribution in [-0.2, 0) is 12.3 Å². The van der Waals surface area contributed by atoms with Gasteiger partial charge in [-0.25, -0.2) is 9.97 Å². The lowest BCUT2D eigenvalue weighted by molar-refractivity contribution is 0.0623. The number of nitrogens with zero attached hydrogens (tertiary/aromatic N) is 5. The molecule has 0 aliphatic carbocycles.